The molecule has 4 nitrogen and oxygen atoms in total. The highest BCUT2D eigenvalue weighted by Gasteiger charge is 2.15. The number of aromatic amines is 1. The number of nitrogens with zero attached hydrogens (tertiary/aromatic N) is 1. The van der Waals surface area contributed by atoms with Crippen LogP contribution in [0.5, 0.6) is 5.75 Å². The van der Waals surface area contributed by atoms with Crippen LogP contribution in [0.3, 0.4) is 0 Å². The molecule has 1 aromatic carbocycles. The average Bonchev–Trinajstić information content (AvgIpc) is 2.89. The Balaban J connectivity index is 2.17. The fraction of sp³-hybridized carbons (Fsp3) is 0.550. The number of esters is 1. The lowest BCUT2D eigenvalue weighted by atomic mass is 10.1. The van der Waals surface area contributed by atoms with Gasteiger partial charge in [0, 0.05) is 35.7 Å². The van der Waals surface area contributed by atoms with Gasteiger partial charge >= 0.3 is 5.97 Å². The molecule has 0 saturated heterocycles. The third-order valence-corrected chi connectivity index (χ3v) is 4.39. The molecule has 24 heavy (non-hydrogen) atoms. The molecule has 0 spiro atoms. The number of nitrogens with one attached hydrogen (secondary N) is 1. The van der Waals surface area contributed by atoms with Crippen LogP contribution in [0.25, 0.3) is 10.9 Å². The van der Waals surface area contributed by atoms with E-state index >= 15 is 0 Å². The smallest absolute Gasteiger partial charge is 0.313 e. The second-order valence-electron chi connectivity index (χ2n) is 7.27. The van der Waals surface area contributed by atoms with Crippen LogP contribution in [0.2, 0.25) is 0 Å². The van der Waals surface area contributed by atoms with Crippen LogP contribution >= 0.6 is 0 Å². The minimum absolute atomic E-state index is 0.128. The summed E-state index contributed by atoms with van der Waals surface area (Å²) in [7, 11) is 0. The molecule has 0 unspecified atom stereocenters. The van der Waals surface area contributed by atoms with E-state index in [0.717, 1.165) is 23.9 Å². The Bertz CT molecular complexity index is 678. The summed E-state index contributed by atoms with van der Waals surface area (Å²) in [6.07, 6.45) is 3.04. The maximum atomic E-state index is 11.8. The molecule has 0 atom stereocenters. The molecule has 0 aliphatic heterocycles. The van der Waals surface area contributed by atoms with Crippen LogP contribution < -0.4 is 4.74 Å². The van der Waals surface area contributed by atoms with Gasteiger partial charge in [0.2, 0.25) is 0 Å². The lowest BCUT2D eigenvalue weighted by molar-refractivity contribution is -0.137. The zero-order chi connectivity index (χ0) is 17.9. The van der Waals surface area contributed by atoms with Gasteiger partial charge in [-0.1, -0.05) is 13.8 Å². The molecular formula is C20H30N2O2. The number of H-pyrrole nitrogens is 1. The summed E-state index contributed by atoms with van der Waals surface area (Å²) in [6, 6.07) is 6.84. The molecule has 0 aliphatic rings. The maximum absolute atomic E-state index is 11.8. The molecule has 1 aromatic heterocycles. The van der Waals surface area contributed by atoms with Crippen molar-refractivity contribution in [1.29, 1.82) is 0 Å². The predicted molar refractivity (Wildman–Crippen MR) is 99.5 cm³/mol. The first-order chi connectivity index (χ1) is 11.3. The molecular weight excluding hydrogens is 300 g/mol. The van der Waals surface area contributed by atoms with Gasteiger partial charge in [-0.05, 0) is 57.9 Å². The lowest BCUT2D eigenvalue weighted by Gasteiger charge is -2.30. The maximum Gasteiger partial charge on any atom is 0.313 e. The van der Waals surface area contributed by atoms with Gasteiger partial charge < -0.3 is 9.72 Å². The van der Waals surface area contributed by atoms with Crippen molar-refractivity contribution in [1.82, 2.24) is 9.88 Å². The van der Waals surface area contributed by atoms with E-state index in [1.165, 1.54) is 5.56 Å². The quantitative estimate of drug-likeness (QED) is 0.605. The van der Waals surface area contributed by atoms with Crippen molar-refractivity contribution in [2.75, 3.05) is 6.54 Å². The Kier molecular flexibility index (Phi) is 6.05. The lowest BCUT2D eigenvalue weighted by Crippen LogP contribution is -2.38. The molecule has 0 fully saturated rings. The van der Waals surface area contributed by atoms with Gasteiger partial charge in [0.05, 0.1) is 5.92 Å². The largest absolute Gasteiger partial charge is 0.426 e. The van der Waals surface area contributed by atoms with Gasteiger partial charge in [-0.15, -0.1) is 0 Å². The second-order valence-corrected chi connectivity index (χ2v) is 7.27. The highest BCUT2D eigenvalue weighted by atomic mass is 16.5. The molecule has 132 valence electrons. The summed E-state index contributed by atoms with van der Waals surface area (Å²) in [5, 5.41) is 1.14. The molecule has 2 rings (SSSR count). The topological polar surface area (TPSA) is 45.3 Å². The molecule has 0 radical (unpaired) electrons. The Morgan fingerprint density at radius 1 is 1.12 bits per heavy atom. The first kappa shape index (κ1) is 18.5. The van der Waals surface area contributed by atoms with E-state index < -0.39 is 0 Å². The van der Waals surface area contributed by atoms with E-state index in [2.05, 4.69) is 43.8 Å². The van der Waals surface area contributed by atoms with E-state index in [0.29, 0.717) is 17.8 Å². The van der Waals surface area contributed by atoms with Crippen molar-refractivity contribution in [2.24, 2.45) is 5.92 Å². The van der Waals surface area contributed by atoms with Crippen LogP contribution in [-0.2, 0) is 11.2 Å². The minimum atomic E-state index is -0.197. The molecule has 0 aliphatic carbocycles. The summed E-state index contributed by atoms with van der Waals surface area (Å²) in [5.74, 6) is 0.292. The summed E-state index contributed by atoms with van der Waals surface area (Å²) in [5.41, 5.74) is 2.34. The minimum Gasteiger partial charge on any atom is -0.426 e. The van der Waals surface area contributed by atoms with Crippen molar-refractivity contribution >= 4 is 16.9 Å². The van der Waals surface area contributed by atoms with Crippen LogP contribution in [0.1, 0.15) is 47.1 Å². The van der Waals surface area contributed by atoms with Crippen molar-refractivity contribution < 1.29 is 9.53 Å². The Hall–Kier alpha value is -1.81. The number of benzene rings is 1. The average molecular weight is 330 g/mol. The molecule has 0 bridgehead atoms. The van der Waals surface area contributed by atoms with E-state index in [9.17, 15) is 4.79 Å². The number of carbonyl (C=O) groups is 1. The van der Waals surface area contributed by atoms with Gasteiger partial charge in [-0.2, -0.15) is 0 Å². The summed E-state index contributed by atoms with van der Waals surface area (Å²) in [6.45, 7) is 13.6. The van der Waals surface area contributed by atoms with Gasteiger partial charge in [-0.3, -0.25) is 9.69 Å². The van der Waals surface area contributed by atoms with Crippen LogP contribution in [0.4, 0.5) is 0 Å². The molecule has 0 saturated carbocycles. The highest BCUT2D eigenvalue weighted by molar-refractivity contribution is 5.85. The zero-order valence-corrected chi connectivity index (χ0v) is 15.7. The third-order valence-electron chi connectivity index (χ3n) is 4.39. The molecule has 4 heteroatoms. The Labute approximate surface area is 145 Å². The third kappa shape index (κ3) is 4.38. The number of ether oxygens (including phenoxy) is 1. The van der Waals surface area contributed by atoms with Crippen molar-refractivity contribution in [3.63, 3.8) is 0 Å². The number of hydrogen-bond donors (Lipinski definition) is 1. The fourth-order valence-corrected chi connectivity index (χ4v) is 3.02. The predicted octanol–water partition coefficient (Wildman–Crippen LogP) is 4.39. The Morgan fingerprint density at radius 2 is 1.79 bits per heavy atom. The van der Waals surface area contributed by atoms with Gasteiger partial charge in [0.15, 0.2) is 0 Å². The standard InChI is InChI=1S/C20H30N2O2/c1-13(2)20(23)24-17-7-8-19-18(11-17)16(12-21-19)9-10-22(14(3)4)15(5)6/h7-8,11-15,21H,9-10H2,1-6H3. The number of aromatic nitrogens is 1. The molecule has 1 heterocycles. The number of rotatable bonds is 7. The van der Waals surface area contributed by atoms with Gasteiger partial charge in [0.1, 0.15) is 5.75 Å². The first-order valence-electron chi connectivity index (χ1n) is 8.87. The normalized spacial score (nSPS) is 12.1. The van der Waals surface area contributed by atoms with Crippen molar-refractivity contribution in [3.8, 4) is 5.75 Å². The van der Waals surface area contributed by atoms with E-state index in [4.69, 9.17) is 4.74 Å². The van der Waals surface area contributed by atoms with E-state index in [1.807, 2.05) is 32.0 Å². The zero-order valence-electron chi connectivity index (χ0n) is 15.7. The fourth-order valence-electron chi connectivity index (χ4n) is 3.02. The van der Waals surface area contributed by atoms with E-state index in [1.54, 1.807) is 0 Å². The molecule has 2 aromatic rings. The Morgan fingerprint density at radius 3 is 2.38 bits per heavy atom. The summed E-state index contributed by atoms with van der Waals surface area (Å²) < 4.78 is 5.45. The van der Waals surface area contributed by atoms with Gasteiger partial charge in [-0.25, -0.2) is 0 Å². The van der Waals surface area contributed by atoms with Crippen LogP contribution in [0.15, 0.2) is 24.4 Å². The van der Waals surface area contributed by atoms with E-state index in [-0.39, 0.29) is 11.9 Å². The number of fused-ring (bicyclic) bond motifs is 1. The number of carbonyl (C=O) groups excluding carboxylic acids is 1. The van der Waals surface area contributed by atoms with Crippen LogP contribution in [-0.4, -0.2) is 34.5 Å². The highest BCUT2D eigenvalue weighted by Crippen LogP contribution is 2.25. The monoisotopic (exact) mass is 330 g/mol. The first-order valence-corrected chi connectivity index (χ1v) is 8.87. The van der Waals surface area contributed by atoms with Crippen molar-refractivity contribution in [2.45, 2.75) is 60.0 Å². The van der Waals surface area contributed by atoms with Crippen LogP contribution in [0, 0.1) is 5.92 Å². The molecule has 0 amide bonds. The summed E-state index contributed by atoms with van der Waals surface area (Å²) in [4.78, 5) is 17.6. The summed E-state index contributed by atoms with van der Waals surface area (Å²) >= 11 is 0. The second kappa shape index (κ2) is 7.84. The van der Waals surface area contributed by atoms with Gasteiger partial charge in [0.25, 0.3) is 0 Å². The molecule has 1 N–H and O–H groups in total. The number of hydrogen-bond acceptors (Lipinski definition) is 3. The van der Waals surface area contributed by atoms with Crippen molar-refractivity contribution in [3.05, 3.63) is 30.0 Å². The SMILES string of the molecule is CC(C)C(=O)Oc1ccc2[nH]cc(CCN(C(C)C)C(C)C)c2c1.